The molecule has 2 bridgehead atoms. The fraction of sp³-hybridized carbons (Fsp3) is 0.333. The Kier molecular flexibility index (Phi) is 2.88. The van der Waals surface area contributed by atoms with Crippen molar-refractivity contribution in [2.24, 2.45) is 18.9 Å². The zero-order valence-corrected chi connectivity index (χ0v) is 17.7. The van der Waals surface area contributed by atoms with E-state index in [1.165, 1.54) is 21.3 Å². The molecule has 1 aromatic carbocycles. The monoisotopic (exact) mass is 444 g/mol. The van der Waals surface area contributed by atoms with Gasteiger partial charge in [0.25, 0.3) is 5.56 Å². The van der Waals surface area contributed by atoms with E-state index in [2.05, 4.69) is 43.2 Å². The van der Waals surface area contributed by atoms with Crippen LogP contribution < -0.4 is 10.5 Å². The number of aryl methyl sites for hydroxylation is 1. The number of rotatable bonds is 4. The molecule has 5 aromatic rings. The van der Waals surface area contributed by atoms with Gasteiger partial charge < -0.3 is 14.0 Å². The molecule has 0 spiro atoms. The van der Waals surface area contributed by atoms with Crippen LogP contribution in [-0.2, 0) is 19.0 Å². The van der Waals surface area contributed by atoms with Crippen molar-refractivity contribution in [1.29, 1.82) is 0 Å². The zero-order chi connectivity index (χ0) is 21.2. The SMILES string of the molecule is Cn1cnc2ncn(Cc3nc([C@@]45C6[C@H]4[C@H]5CN6c4ccc5ncsc5c4)no3)c(=O)c21. The average Bonchev–Trinajstić information content (AvgIpc) is 3.30. The summed E-state index contributed by atoms with van der Waals surface area (Å²) in [4.78, 5) is 32.7. The highest BCUT2D eigenvalue weighted by Gasteiger charge is 2.95. The number of hydrogen-bond donors (Lipinski definition) is 0. The number of aromatic nitrogens is 7. The summed E-state index contributed by atoms with van der Waals surface area (Å²) in [5, 5.41) is 4.32. The van der Waals surface area contributed by atoms with Gasteiger partial charge in [-0.05, 0) is 24.1 Å². The van der Waals surface area contributed by atoms with E-state index in [0.717, 1.165) is 17.9 Å². The summed E-state index contributed by atoms with van der Waals surface area (Å²) in [6.07, 6.45) is 3.07. The van der Waals surface area contributed by atoms with Gasteiger partial charge in [-0.15, -0.1) is 11.3 Å². The van der Waals surface area contributed by atoms with Crippen molar-refractivity contribution in [2.45, 2.75) is 18.0 Å². The van der Waals surface area contributed by atoms with Gasteiger partial charge in [0.05, 0.1) is 27.5 Å². The predicted molar refractivity (Wildman–Crippen MR) is 116 cm³/mol. The lowest BCUT2D eigenvalue weighted by molar-refractivity contribution is 0.362. The van der Waals surface area contributed by atoms with E-state index in [-0.39, 0.29) is 17.5 Å². The lowest BCUT2D eigenvalue weighted by Crippen LogP contribution is -2.23. The Balaban J connectivity index is 1.08. The third kappa shape index (κ3) is 1.91. The average molecular weight is 444 g/mol. The van der Waals surface area contributed by atoms with Gasteiger partial charge in [-0.2, -0.15) is 4.98 Å². The standard InChI is InChI=1S/C21H16N8O2S/c1-27-7-22-18-16(27)19(30)28(8-23-18)6-14-25-20(26-31-14)21-11-5-29(17(21)15(11)21)10-2-3-12-13(4-10)32-9-24-12/h2-4,7-9,11,15,17H,5-6H2,1H3/t11-,15-,17?,21-/m1/s1. The van der Waals surface area contributed by atoms with Crippen molar-refractivity contribution in [3.05, 3.63) is 58.4 Å². The predicted octanol–water partition coefficient (Wildman–Crippen LogP) is 1.56. The van der Waals surface area contributed by atoms with E-state index in [9.17, 15) is 4.79 Å². The molecule has 9 rings (SSSR count). The molecule has 4 aromatic heterocycles. The number of hydrogen-bond acceptors (Lipinski definition) is 9. The van der Waals surface area contributed by atoms with Crippen LogP contribution in [0.5, 0.6) is 0 Å². The first-order valence-corrected chi connectivity index (χ1v) is 11.3. The van der Waals surface area contributed by atoms with E-state index < -0.39 is 0 Å². The van der Waals surface area contributed by atoms with Crippen LogP contribution in [0.2, 0.25) is 0 Å². The summed E-state index contributed by atoms with van der Waals surface area (Å²) in [5.41, 5.74) is 4.91. The number of anilines is 1. The first kappa shape index (κ1) is 17.0. The summed E-state index contributed by atoms with van der Waals surface area (Å²) >= 11 is 1.67. The third-order valence-corrected chi connectivity index (χ3v) is 8.24. The van der Waals surface area contributed by atoms with Gasteiger partial charge in [0.2, 0.25) is 5.89 Å². The number of piperidine rings is 1. The van der Waals surface area contributed by atoms with Crippen LogP contribution in [0.3, 0.4) is 0 Å². The minimum absolute atomic E-state index is 0.0135. The zero-order valence-electron chi connectivity index (χ0n) is 16.9. The van der Waals surface area contributed by atoms with Crippen molar-refractivity contribution >= 4 is 38.4 Å². The van der Waals surface area contributed by atoms with Crippen LogP contribution in [0.4, 0.5) is 5.69 Å². The molecule has 0 amide bonds. The molecule has 11 heteroatoms. The minimum Gasteiger partial charge on any atom is -0.367 e. The molecule has 6 heterocycles. The molecule has 0 N–H and O–H groups in total. The molecule has 2 saturated heterocycles. The maximum atomic E-state index is 12.8. The number of imidazole rings is 1. The fourth-order valence-electron chi connectivity index (χ4n) is 5.85. The van der Waals surface area contributed by atoms with Crippen LogP contribution in [0.25, 0.3) is 21.4 Å². The highest BCUT2D eigenvalue weighted by Crippen LogP contribution is 2.85. The molecule has 10 nitrogen and oxygen atoms in total. The Labute approximate surface area is 184 Å². The van der Waals surface area contributed by atoms with Crippen molar-refractivity contribution in [3.63, 3.8) is 0 Å². The van der Waals surface area contributed by atoms with E-state index in [1.54, 1.807) is 29.3 Å². The fourth-order valence-corrected chi connectivity index (χ4v) is 6.56. The van der Waals surface area contributed by atoms with Crippen LogP contribution >= 0.6 is 11.3 Å². The van der Waals surface area contributed by atoms with Gasteiger partial charge in [-0.25, -0.2) is 15.0 Å². The van der Waals surface area contributed by atoms with E-state index in [1.807, 2.05) is 5.51 Å². The summed E-state index contributed by atoms with van der Waals surface area (Å²) in [7, 11) is 1.78. The molecule has 4 fully saturated rings. The Morgan fingerprint density at radius 3 is 3.06 bits per heavy atom. The quantitative estimate of drug-likeness (QED) is 0.411. The van der Waals surface area contributed by atoms with Crippen LogP contribution in [-0.4, -0.2) is 46.8 Å². The number of thiazole rings is 1. The van der Waals surface area contributed by atoms with Crippen molar-refractivity contribution in [3.8, 4) is 0 Å². The topological polar surface area (TPSA) is 108 Å². The Morgan fingerprint density at radius 2 is 2.16 bits per heavy atom. The Hall–Kier alpha value is -3.60. The molecule has 2 saturated carbocycles. The van der Waals surface area contributed by atoms with Crippen LogP contribution in [0.1, 0.15) is 11.7 Å². The maximum absolute atomic E-state index is 12.8. The Bertz CT molecular complexity index is 1630. The second-order valence-electron chi connectivity index (χ2n) is 8.88. The Morgan fingerprint density at radius 1 is 1.25 bits per heavy atom. The summed E-state index contributed by atoms with van der Waals surface area (Å²) in [6, 6.07) is 6.91. The molecule has 4 aliphatic rings. The van der Waals surface area contributed by atoms with E-state index >= 15 is 0 Å². The van der Waals surface area contributed by atoms with Crippen LogP contribution in [0.15, 0.2) is 45.7 Å². The van der Waals surface area contributed by atoms with Crippen molar-refractivity contribution in [1.82, 2.24) is 34.2 Å². The van der Waals surface area contributed by atoms with Crippen molar-refractivity contribution < 1.29 is 4.52 Å². The lowest BCUT2D eigenvalue weighted by atomic mass is 10.1. The molecule has 32 heavy (non-hydrogen) atoms. The highest BCUT2D eigenvalue weighted by atomic mass is 32.1. The van der Waals surface area contributed by atoms with Gasteiger partial charge in [-0.1, -0.05) is 5.16 Å². The molecule has 158 valence electrons. The van der Waals surface area contributed by atoms with Gasteiger partial charge in [-0.3, -0.25) is 9.36 Å². The molecular weight excluding hydrogens is 428 g/mol. The molecule has 0 radical (unpaired) electrons. The van der Waals surface area contributed by atoms with Gasteiger partial charge >= 0.3 is 0 Å². The molecular formula is C21H16N8O2S. The smallest absolute Gasteiger partial charge is 0.280 e. The van der Waals surface area contributed by atoms with Gasteiger partial charge in [0.15, 0.2) is 17.0 Å². The van der Waals surface area contributed by atoms with Crippen LogP contribution in [0, 0.1) is 11.8 Å². The largest absolute Gasteiger partial charge is 0.367 e. The molecule has 2 aliphatic carbocycles. The first-order valence-electron chi connectivity index (χ1n) is 10.5. The molecule has 4 atom stereocenters. The second-order valence-corrected chi connectivity index (χ2v) is 9.77. The number of benzene rings is 1. The number of nitrogens with zero attached hydrogens (tertiary/aromatic N) is 8. The lowest BCUT2D eigenvalue weighted by Gasteiger charge is -2.18. The first-order chi connectivity index (χ1) is 15.7. The maximum Gasteiger partial charge on any atom is 0.280 e. The summed E-state index contributed by atoms with van der Waals surface area (Å²) in [5.74, 6) is 2.37. The minimum atomic E-state index is -0.173. The van der Waals surface area contributed by atoms with Gasteiger partial charge in [0.1, 0.15) is 12.9 Å². The van der Waals surface area contributed by atoms with E-state index in [4.69, 9.17) is 9.51 Å². The van der Waals surface area contributed by atoms with Crippen molar-refractivity contribution in [2.75, 3.05) is 11.4 Å². The second kappa shape index (κ2) is 5.41. The molecule has 2 aliphatic heterocycles. The summed E-state index contributed by atoms with van der Waals surface area (Å²) in [6.45, 7) is 1.21. The number of fused-ring (bicyclic) bond motifs is 3. The van der Waals surface area contributed by atoms with Gasteiger partial charge in [0, 0.05) is 31.2 Å². The molecule has 1 unspecified atom stereocenters. The normalized spacial score (nSPS) is 27.4. The highest BCUT2D eigenvalue weighted by molar-refractivity contribution is 7.16. The third-order valence-electron chi connectivity index (χ3n) is 7.45. The van der Waals surface area contributed by atoms with E-state index in [0.29, 0.717) is 34.9 Å². The summed E-state index contributed by atoms with van der Waals surface area (Å²) < 4.78 is 9.93.